The Balaban J connectivity index is 2.26. The van der Waals surface area contributed by atoms with E-state index in [0.29, 0.717) is 31.6 Å². The zero-order valence-corrected chi connectivity index (χ0v) is 11.0. The third-order valence-corrected chi connectivity index (χ3v) is 2.92. The molecule has 104 valence electrons. The normalized spacial score (nSPS) is 19.3. The summed E-state index contributed by atoms with van der Waals surface area (Å²) in [4.78, 5) is 21.4. The quantitative estimate of drug-likeness (QED) is 0.848. The van der Waals surface area contributed by atoms with Gasteiger partial charge in [-0.25, -0.2) is 4.98 Å². The molecule has 2 rings (SSSR count). The molecule has 0 bridgehead atoms. The van der Waals surface area contributed by atoms with E-state index in [4.69, 9.17) is 14.6 Å². The molecule has 1 N–H and O–H groups in total. The van der Waals surface area contributed by atoms with Crippen LogP contribution in [0.15, 0.2) is 6.07 Å². The van der Waals surface area contributed by atoms with Gasteiger partial charge in [0.05, 0.1) is 32.8 Å². The van der Waals surface area contributed by atoms with E-state index in [9.17, 15) is 4.79 Å². The van der Waals surface area contributed by atoms with Gasteiger partial charge in [0, 0.05) is 18.3 Å². The van der Waals surface area contributed by atoms with Crippen molar-refractivity contribution < 1.29 is 19.4 Å². The van der Waals surface area contributed by atoms with Gasteiger partial charge in [0.1, 0.15) is 0 Å². The van der Waals surface area contributed by atoms with E-state index in [1.807, 2.05) is 11.8 Å². The van der Waals surface area contributed by atoms with Crippen LogP contribution in [0, 0.1) is 6.92 Å². The minimum Gasteiger partial charge on any atom is -0.481 e. The van der Waals surface area contributed by atoms with Gasteiger partial charge in [-0.3, -0.25) is 4.79 Å². The number of carboxylic acid groups (broad SMARTS) is 1. The Hall–Kier alpha value is -1.89. The first kappa shape index (κ1) is 13.5. The lowest BCUT2D eigenvalue weighted by Gasteiger charge is -2.34. The Morgan fingerprint density at radius 3 is 3.11 bits per heavy atom. The third-order valence-electron chi connectivity index (χ3n) is 2.92. The number of hydrogen-bond donors (Lipinski definition) is 1. The molecule has 1 aliphatic heterocycles. The minimum absolute atomic E-state index is 0.000380. The monoisotopic (exact) mass is 267 g/mol. The number of hydrogen-bond acceptors (Lipinski definition) is 6. The molecule has 0 spiro atoms. The highest BCUT2D eigenvalue weighted by atomic mass is 16.5. The minimum atomic E-state index is -0.861. The van der Waals surface area contributed by atoms with Crippen molar-refractivity contribution in [3.63, 3.8) is 0 Å². The fourth-order valence-electron chi connectivity index (χ4n) is 2.05. The number of aryl methyl sites for hydroxylation is 1. The van der Waals surface area contributed by atoms with Crippen LogP contribution >= 0.6 is 0 Å². The second-order valence-electron chi connectivity index (χ2n) is 4.37. The molecule has 1 aliphatic rings. The molecule has 0 aliphatic carbocycles. The van der Waals surface area contributed by atoms with Crippen molar-refractivity contribution in [1.29, 1.82) is 0 Å². The number of ether oxygens (including phenoxy) is 2. The average Bonchev–Trinajstić information content (AvgIpc) is 2.38. The van der Waals surface area contributed by atoms with Crippen molar-refractivity contribution >= 4 is 11.9 Å². The number of nitrogens with zero attached hydrogens (tertiary/aromatic N) is 3. The van der Waals surface area contributed by atoms with Crippen molar-refractivity contribution in [1.82, 2.24) is 9.97 Å². The lowest BCUT2D eigenvalue weighted by atomic mass is 10.1. The lowest BCUT2D eigenvalue weighted by Crippen LogP contribution is -2.47. The van der Waals surface area contributed by atoms with Crippen LogP contribution in [-0.2, 0) is 9.53 Å². The van der Waals surface area contributed by atoms with E-state index in [-0.39, 0.29) is 12.5 Å². The maximum atomic E-state index is 10.9. The van der Waals surface area contributed by atoms with Crippen LogP contribution in [0.1, 0.15) is 12.1 Å². The SMILES string of the molecule is COc1cc(C)nc(N2CCOCC2CC(=O)O)n1. The van der Waals surface area contributed by atoms with Gasteiger partial charge in [0.25, 0.3) is 0 Å². The molecule has 1 aromatic rings. The molecule has 19 heavy (non-hydrogen) atoms. The molecule has 1 unspecified atom stereocenters. The maximum Gasteiger partial charge on any atom is 0.305 e. The van der Waals surface area contributed by atoms with Gasteiger partial charge < -0.3 is 19.5 Å². The summed E-state index contributed by atoms with van der Waals surface area (Å²) >= 11 is 0. The molecular formula is C12H17N3O4. The highest BCUT2D eigenvalue weighted by Gasteiger charge is 2.27. The molecule has 1 atom stereocenters. The Labute approximate surface area is 111 Å². The molecule has 0 radical (unpaired) electrons. The van der Waals surface area contributed by atoms with Crippen LogP contribution < -0.4 is 9.64 Å². The largest absolute Gasteiger partial charge is 0.481 e. The summed E-state index contributed by atoms with van der Waals surface area (Å²) < 4.78 is 10.4. The van der Waals surface area contributed by atoms with E-state index < -0.39 is 5.97 Å². The molecule has 1 fully saturated rings. The van der Waals surface area contributed by atoms with Gasteiger partial charge in [0.15, 0.2) is 0 Å². The van der Waals surface area contributed by atoms with Gasteiger partial charge >= 0.3 is 5.97 Å². The van der Waals surface area contributed by atoms with E-state index in [2.05, 4.69) is 9.97 Å². The third kappa shape index (κ3) is 3.31. The van der Waals surface area contributed by atoms with Gasteiger partial charge in [-0.15, -0.1) is 0 Å². The van der Waals surface area contributed by atoms with Crippen LogP contribution in [0.3, 0.4) is 0 Å². The van der Waals surface area contributed by atoms with Crippen LogP contribution in [0.5, 0.6) is 5.88 Å². The predicted octanol–water partition coefficient (Wildman–Crippen LogP) is 0.474. The number of methoxy groups -OCH3 is 1. The smallest absolute Gasteiger partial charge is 0.305 e. The highest BCUT2D eigenvalue weighted by Crippen LogP contribution is 2.20. The number of aliphatic carboxylic acids is 1. The molecule has 1 aromatic heterocycles. The summed E-state index contributed by atoms with van der Waals surface area (Å²) in [6.07, 6.45) is -0.000380. The van der Waals surface area contributed by atoms with E-state index in [0.717, 1.165) is 5.69 Å². The topological polar surface area (TPSA) is 84.8 Å². The lowest BCUT2D eigenvalue weighted by molar-refractivity contribution is -0.138. The molecular weight excluding hydrogens is 250 g/mol. The zero-order valence-electron chi connectivity index (χ0n) is 11.0. The average molecular weight is 267 g/mol. The van der Waals surface area contributed by atoms with Gasteiger partial charge in [-0.05, 0) is 6.92 Å². The Morgan fingerprint density at radius 2 is 2.42 bits per heavy atom. The fraction of sp³-hybridized carbons (Fsp3) is 0.583. The van der Waals surface area contributed by atoms with Crippen molar-refractivity contribution in [3.05, 3.63) is 11.8 Å². The summed E-state index contributed by atoms with van der Waals surface area (Å²) in [5.74, 6) is 0.106. The number of carboxylic acids is 1. The van der Waals surface area contributed by atoms with Gasteiger partial charge in [0.2, 0.25) is 11.8 Å². The first-order valence-electron chi connectivity index (χ1n) is 6.06. The summed E-state index contributed by atoms with van der Waals surface area (Å²) in [5, 5.41) is 8.94. The summed E-state index contributed by atoms with van der Waals surface area (Å²) in [5.41, 5.74) is 0.780. The number of morpholine rings is 1. The molecule has 1 saturated heterocycles. The molecule has 0 aromatic carbocycles. The zero-order chi connectivity index (χ0) is 13.8. The van der Waals surface area contributed by atoms with Crippen molar-refractivity contribution in [3.8, 4) is 5.88 Å². The highest BCUT2D eigenvalue weighted by molar-refractivity contribution is 5.68. The molecule has 7 heteroatoms. The number of carbonyl (C=O) groups is 1. The van der Waals surface area contributed by atoms with Crippen LogP contribution in [0.4, 0.5) is 5.95 Å². The van der Waals surface area contributed by atoms with Crippen LogP contribution in [-0.4, -0.2) is 54.0 Å². The summed E-state index contributed by atoms with van der Waals surface area (Å²) in [6, 6.07) is 1.48. The number of anilines is 1. The van der Waals surface area contributed by atoms with Gasteiger partial charge in [-0.1, -0.05) is 0 Å². The van der Waals surface area contributed by atoms with E-state index >= 15 is 0 Å². The Kier molecular flexibility index (Phi) is 4.16. The summed E-state index contributed by atoms with van der Waals surface area (Å²) in [6.45, 7) is 3.33. The maximum absolute atomic E-state index is 10.9. The Morgan fingerprint density at radius 1 is 1.63 bits per heavy atom. The predicted molar refractivity (Wildman–Crippen MR) is 67.5 cm³/mol. The van der Waals surface area contributed by atoms with Gasteiger partial charge in [-0.2, -0.15) is 4.98 Å². The molecule has 0 saturated carbocycles. The van der Waals surface area contributed by atoms with Crippen molar-refractivity contribution in [2.45, 2.75) is 19.4 Å². The second-order valence-corrected chi connectivity index (χ2v) is 4.37. The second kappa shape index (κ2) is 5.83. The fourth-order valence-corrected chi connectivity index (χ4v) is 2.05. The van der Waals surface area contributed by atoms with Crippen LogP contribution in [0.25, 0.3) is 0 Å². The van der Waals surface area contributed by atoms with Crippen LogP contribution in [0.2, 0.25) is 0 Å². The first-order valence-corrected chi connectivity index (χ1v) is 6.06. The van der Waals surface area contributed by atoms with Crippen molar-refractivity contribution in [2.24, 2.45) is 0 Å². The Bertz CT molecular complexity index is 466. The number of aromatic nitrogens is 2. The molecule has 2 heterocycles. The summed E-state index contributed by atoms with van der Waals surface area (Å²) in [7, 11) is 1.54. The van der Waals surface area contributed by atoms with E-state index in [1.165, 1.54) is 0 Å². The molecule has 7 nitrogen and oxygen atoms in total. The molecule has 0 amide bonds. The standard InChI is InChI=1S/C12H17N3O4/c1-8-5-10(18-2)14-12(13-8)15-3-4-19-7-9(15)6-11(16)17/h5,9H,3-4,6-7H2,1-2H3,(H,16,17). The number of rotatable bonds is 4. The van der Waals surface area contributed by atoms with Crippen molar-refractivity contribution in [2.75, 3.05) is 31.8 Å². The van der Waals surface area contributed by atoms with E-state index in [1.54, 1.807) is 13.2 Å². The first-order chi connectivity index (χ1) is 9.10.